The Bertz CT molecular complexity index is 329. The molecule has 0 bridgehead atoms. The van der Waals surface area contributed by atoms with Gasteiger partial charge in [0, 0.05) is 17.5 Å². The second-order valence-electron chi connectivity index (χ2n) is 2.85. The molecule has 1 aliphatic rings. The van der Waals surface area contributed by atoms with Crippen molar-refractivity contribution < 1.29 is 9.90 Å². The third-order valence-corrected chi connectivity index (χ3v) is 2.16. The second-order valence-corrected chi connectivity index (χ2v) is 3.81. The lowest BCUT2D eigenvalue weighted by Crippen LogP contribution is -2.12. The minimum Gasteiger partial charge on any atom is -0.478 e. The normalized spacial score (nSPS) is 17.9. The Kier molecular flexibility index (Phi) is 3.70. The molecule has 0 fully saturated rings. The maximum absolute atomic E-state index is 10.3. The standard InChI is InChI=1S/C8H11N3O2S/c1-5(2)10-11-8-9-6(4-14-8)3-7(12)13/h3H,4H2,1-2H3,(H,9,11)(H,12,13)/b6-3+. The summed E-state index contributed by atoms with van der Waals surface area (Å²) >= 11 is 1.43. The van der Waals surface area contributed by atoms with E-state index in [0.29, 0.717) is 16.6 Å². The summed E-state index contributed by atoms with van der Waals surface area (Å²) in [5.74, 6) is -0.395. The van der Waals surface area contributed by atoms with Crippen LogP contribution in [0, 0.1) is 0 Å². The topological polar surface area (TPSA) is 74.0 Å². The number of nitrogens with zero attached hydrogens (tertiary/aromatic N) is 2. The van der Waals surface area contributed by atoms with Crippen LogP contribution >= 0.6 is 11.8 Å². The number of aliphatic carboxylic acids is 1. The van der Waals surface area contributed by atoms with Crippen molar-refractivity contribution in [2.75, 3.05) is 5.75 Å². The molecule has 0 amide bonds. The minimum atomic E-state index is -0.972. The molecule has 1 aliphatic heterocycles. The van der Waals surface area contributed by atoms with Gasteiger partial charge in [0.25, 0.3) is 0 Å². The van der Waals surface area contributed by atoms with Crippen molar-refractivity contribution in [1.82, 2.24) is 5.43 Å². The highest BCUT2D eigenvalue weighted by molar-refractivity contribution is 8.14. The van der Waals surface area contributed by atoms with Gasteiger partial charge in [-0.15, -0.1) is 0 Å². The van der Waals surface area contributed by atoms with E-state index in [1.54, 1.807) is 0 Å². The fraction of sp³-hybridized carbons (Fsp3) is 0.375. The van der Waals surface area contributed by atoms with E-state index in [0.717, 1.165) is 11.8 Å². The molecule has 0 saturated heterocycles. The van der Waals surface area contributed by atoms with E-state index < -0.39 is 5.97 Å². The fourth-order valence-electron chi connectivity index (χ4n) is 0.771. The van der Waals surface area contributed by atoms with Gasteiger partial charge in [0.1, 0.15) is 0 Å². The van der Waals surface area contributed by atoms with Crippen LogP contribution in [0.25, 0.3) is 0 Å². The van der Waals surface area contributed by atoms with Crippen molar-refractivity contribution in [3.63, 3.8) is 0 Å². The maximum Gasteiger partial charge on any atom is 0.330 e. The summed E-state index contributed by atoms with van der Waals surface area (Å²) in [6.45, 7) is 3.72. The first-order valence-electron chi connectivity index (χ1n) is 4.00. The van der Waals surface area contributed by atoms with Crippen LogP contribution in [0.1, 0.15) is 13.8 Å². The van der Waals surface area contributed by atoms with E-state index in [2.05, 4.69) is 15.5 Å². The van der Waals surface area contributed by atoms with Crippen molar-refractivity contribution in [3.8, 4) is 0 Å². The molecule has 0 spiro atoms. The Morgan fingerprint density at radius 1 is 1.71 bits per heavy atom. The zero-order chi connectivity index (χ0) is 10.6. The Labute approximate surface area is 86.0 Å². The van der Waals surface area contributed by atoms with E-state index in [1.165, 1.54) is 11.8 Å². The summed E-state index contributed by atoms with van der Waals surface area (Å²) in [5, 5.41) is 13.1. The molecule has 5 nitrogen and oxygen atoms in total. The number of carboxylic acids is 1. The first-order chi connectivity index (χ1) is 6.58. The summed E-state index contributed by atoms with van der Waals surface area (Å²) in [7, 11) is 0. The van der Waals surface area contributed by atoms with Gasteiger partial charge in [-0.1, -0.05) is 11.8 Å². The molecule has 2 N–H and O–H groups in total. The average Bonchev–Trinajstić information content (AvgIpc) is 2.47. The molecule has 0 aromatic rings. The van der Waals surface area contributed by atoms with E-state index in [4.69, 9.17) is 5.11 Å². The first-order valence-corrected chi connectivity index (χ1v) is 4.98. The molecule has 0 aliphatic carbocycles. The van der Waals surface area contributed by atoms with Gasteiger partial charge in [0.05, 0.1) is 5.70 Å². The number of rotatable bonds is 2. The number of carbonyl (C=O) groups is 1. The summed E-state index contributed by atoms with van der Waals surface area (Å²) < 4.78 is 0. The van der Waals surface area contributed by atoms with Crippen molar-refractivity contribution in [1.29, 1.82) is 0 Å². The third kappa shape index (κ3) is 3.61. The summed E-state index contributed by atoms with van der Waals surface area (Å²) in [4.78, 5) is 14.4. The molecule has 0 aromatic heterocycles. The molecular formula is C8H11N3O2S. The molecule has 6 heteroatoms. The molecule has 0 radical (unpaired) electrons. The zero-order valence-corrected chi connectivity index (χ0v) is 8.76. The Morgan fingerprint density at radius 2 is 2.43 bits per heavy atom. The van der Waals surface area contributed by atoms with Gasteiger partial charge >= 0.3 is 5.97 Å². The molecule has 0 atom stereocenters. The molecule has 14 heavy (non-hydrogen) atoms. The summed E-state index contributed by atoms with van der Waals surface area (Å²) in [6, 6.07) is 0. The number of carboxylic acid groups (broad SMARTS) is 1. The van der Waals surface area contributed by atoms with Gasteiger partial charge < -0.3 is 5.11 Å². The highest BCUT2D eigenvalue weighted by Gasteiger charge is 2.12. The highest BCUT2D eigenvalue weighted by atomic mass is 32.2. The van der Waals surface area contributed by atoms with Crippen LogP contribution in [-0.2, 0) is 4.79 Å². The van der Waals surface area contributed by atoms with Crippen molar-refractivity contribution in [2.24, 2.45) is 10.1 Å². The predicted molar refractivity (Wildman–Crippen MR) is 57.5 cm³/mol. The zero-order valence-electron chi connectivity index (χ0n) is 7.94. The molecule has 76 valence electrons. The van der Waals surface area contributed by atoms with Crippen LogP contribution < -0.4 is 5.43 Å². The SMILES string of the molecule is CC(C)=NNC1=N/C(=C/C(=O)O)CS1. The molecule has 0 unspecified atom stereocenters. The molecule has 0 aromatic carbocycles. The lowest BCUT2D eigenvalue weighted by Gasteiger charge is -1.95. The predicted octanol–water partition coefficient (Wildman–Crippen LogP) is 1.04. The van der Waals surface area contributed by atoms with Crippen LogP contribution in [0.4, 0.5) is 0 Å². The number of hydrazone groups is 1. The van der Waals surface area contributed by atoms with Crippen molar-refractivity contribution in [3.05, 3.63) is 11.8 Å². The van der Waals surface area contributed by atoms with Crippen molar-refractivity contribution >= 4 is 28.6 Å². The average molecular weight is 213 g/mol. The molecule has 0 saturated carbocycles. The molecule has 1 rings (SSSR count). The van der Waals surface area contributed by atoms with E-state index in [9.17, 15) is 4.79 Å². The van der Waals surface area contributed by atoms with Gasteiger partial charge in [0.15, 0.2) is 5.17 Å². The van der Waals surface area contributed by atoms with Gasteiger partial charge in [-0.2, -0.15) is 5.10 Å². The smallest absolute Gasteiger partial charge is 0.330 e. The maximum atomic E-state index is 10.3. The lowest BCUT2D eigenvalue weighted by atomic mass is 10.4. The highest BCUT2D eigenvalue weighted by Crippen LogP contribution is 2.19. The Balaban J connectivity index is 2.59. The van der Waals surface area contributed by atoms with E-state index in [-0.39, 0.29) is 0 Å². The fourth-order valence-corrected chi connectivity index (χ4v) is 1.50. The number of amidine groups is 1. The van der Waals surface area contributed by atoms with Gasteiger partial charge in [-0.3, -0.25) is 5.43 Å². The van der Waals surface area contributed by atoms with Crippen LogP contribution in [-0.4, -0.2) is 27.7 Å². The van der Waals surface area contributed by atoms with Crippen LogP contribution in [0.2, 0.25) is 0 Å². The van der Waals surface area contributed by atoms with Gasteiger partial charge in [0.2, 0.25) is 0 Å². The number of aliphatic imine (C=N–C) groups is 1. The van der Waals surface area contributed by atoms with Crippen LogP contribution in [0.3, 0.4) is 0 Å². The summed E-state index contributed by atoms with van der Waals surface area (Å²) in [6.07, 6.45) is 1.10. The Morgan fingerprint density at radius 3 is 3.00 bits per heavy atom. The van der Waals surface area contributed by atoms with Crippen LogP contribution in [0.15, 0.2) is 21.9 Å². The van der Waals surface area contributed by atoms with Crippen LogP contribution in [0.5, 0.6) is 0 Å². The number of thioether (sulfide) groups is 1. The monoisotopic (exact) mass is 213 g/mol. The summed E-state index contributed by atoms with van der Waals surface area (Å²) in [5.41, 5.74) is 4.19. The van der Waals surface area contributed by atoms with Gasteiger partial charge in [-0.25, -0.2) is 9.79 Å². The number of hydrogen-bond donors (Lipinski definition) is 2. The molecule has 1 heterocycles. The van der Waals surface area contributed by atoms with Gasteiger partial charge in [-0.05, 0) is 13.8 Å². The minimum absolute atomic E-state index is 0.550. The lowest BCUT2D eigenvalue weighted by molar-refractivity contribution is -0.131. The number of hydrogen-bond acceptors (Lipinski definition) is 5. The molecular weight excluding hydrogens is 202 g/mol. The van der Waals surface area contributed by atoms with E-state index >= 15 is 0 Å². The Hall–Kier alpha value is -1.30. The second kappa shape index (κ2) is 4.80. The third-order valence-electron chi connectivity index (χ3n) is 1.27. The number of nitrogens with one attached hydrogen (secondary N) is 1. The largest absolute Gasteiger partial charge is 0.478 e. The van der Waals surface area contributed by atoms with E-state index in [1.807, 2.05) is 13.8 Å². The first kappa shape index (κ1) is 10.8. The quantitative estimate of drug-likeness (QED) is 0.408. The van der Waals surface area contributed by atoms with Crippen molar-refractivity contribution in [2.45, 2.75) is 13.8 Å².